The molecule has 1 N–H and O–H groups in total. The number of carbonyl (C=O) groups is 2. The van der Waals surface area contributed by atoms with Gasteiger partial charge in [-0.2, -0.15) is 0 Å². The number of aliphatic carboxylic acids is 1. The molecule has 1 aromatic rings. The molecule has 5 heteroatoms. The van der Waals surface area contributed by atoms with Gasteiger partial charge in [0, 0.05) is 19.2 Å². The molecule has 0 unspecified atom stereocenters. The van der Waals surface area contributed by atoms with Gasteiger partial charge in [0.25, 0.3) is 0 Å². The second kappa shape index (κ2) is 7.20. The quantitative estimate of drug-likeness (QED) is 0.800. The molecule has 1 rings (SSSR count). The summed E-state index contributed by atoms with van der Waals surface area (Å²) in [6.45, 7) is 3.62. The maximum atomic E-state index is 11.6. The summed E-state index contributed by atoms with van der Waals surface area (Å²) in [4.78, 5) is 23.5. The van der Waals surface area contributed by atoms with Gasteiger partial charge < -0.3 is 9.84 Å². The van der Waals surface area contributed by atoms with Crippen LogP contribution in [0, 0.1) is 0 Å². The van der Waals surface area contributed by atoms with Crippen LogP contribution in [0.1, 0.15) is 12.0 Å². The second-order valence-corrected chi connectivity index (χ2v) is 3.99. The summed E-state index contributed by atoms with van der Waals surface area (Å²) in [6, 6.07) is 7.15. The molecule has 0 saturated heterocycles. The molecule has 0 aromatic heterocycles. The molecule has 1 amide bonds. The van der Waals surface area contributed by atoms with Crippen molar-refractivity contribution in [3.05, 3.63) is 42.5 Å². The van der Waals surface area contributed by atoms with Gasteiger partial charge in [-0.1, -0.05) is 24.8 Å². The van der Waals surface area contributed by atoms with Crippen LogP contribution in [0.15, 0.2) is 36.9 Å². The summed E-state index contributed by atoms with van der Waals surface area (Å²) >= 11 is 0. The lowest BCUT2D eigenvalue weighted by Crippen LogP contribution is -2.27. The first-order valence-corrected chi connectivity index (χ1v) is 5.86. The summed E-state index contributed by atoms with van der Waals surface area (Å²) in [6.07, 6.45) is 1.51. The molecule has 5 nitrogen and oxygen atoms in total. The SMILES string of the molecule is C=CCOC(=O)N(C)c1cccc(CCC(=O)O)c1. The monoisotopic (exact) mass is 263 g/mol. The number of nitrogens with zero attached hydrogens (tertiary/aromatic N) is 1. The van der Waals surface area contributed by atoms with E-state index >= 15 is 0 Å². The number of aryl methyl sites for hydroxylation is 1. The molecule has 0 aliphatic carbocycles. The highest BCUT2D eigenvalue weighted by Gasteiger charge is 2.12. The molecule has 0 saturated carbocycles. The van der Waals surface area contributed by atoms with Gasteiger partial charge in [-0.15, -0.1) is 0 Å². The summed E-state index contributed by atoms with van der Waals surface area (Å²) in [5.74, 6) is -0.843. The third kappa shape index (κ3) is 4.83. The van der Waals surface area contributed by atoms with Crippen molar-refractivity contribution in [3.63, 3.8) is 0 Å². The molecule has 19 heavy (non-hydrogen) atoms. The van der Waals surface area contributed by atoms with Crippen molar-refractivity contribution in [1.29, 1.82) is 0 Å². The predicted molar refractivity (Wildman–Crippen MR) is 72.3 cm³/mol. The fourth-order valence-corrected chi connectivity index (χ4v) is 1.50. The zero-order valence-electron chi connectivity index (χ0n) is 10.8. The molecular formula is C14H17NO4. The van der Waals surface area contributed by atoms with Crippen molar-refractivity contribution < 1.29 is 19.4 Å². The highest BCUT2D eigenvalue weighted by Crippen LogP contribution is 2.16. The van der Waals surface area contributed by atoms with Gasteiger partial charge in [0.15, 0.2) is 0 Å². The first-order chi connectivity index (χ1) is 9.04. The Morgan fingerprint density at radius 1 is 1.47 bits per heavy atom. The minimum absolute atomic E-state index is 0.0636. The maximum Gasteiger partial charge on any atom is 0.414 e. The van der Waals surface area contributed by atoms with Crippen LogP contribution in [0.2, 0.25) is 0 Å². The molecule has 102 valence electrons. The van der Waals surface area contributed by atoms with Crippen molar-refractivity contribution in [2.75, 3.05) is 18.6 Å². The van der Waals surface area contributed by atoms with Crippen molar-refractivity contribution in [3.8, 4) is 0 Å². The Hall–Kier alpha value is -2.30. The summed E-state index contributed by atoms with van der Waals surface area (Å²) in [5, 5.41) is 8.64. The Bertz CT molecular complexity index is 470. The molecule has 0 bridgehead atoms. The minimum Gasteiger partial charge on any atom is -0.481 e. The number of hydrogen-bond donors (Lipinski definition) is 1. The third-order valence-corrected chi connectivity index (χ3v) is 2.52. The molecular weight excluding hydrogens is 246 g/mol. The van der Waals surface area contributed by atoms with E-state index in [1.807, 2.05) is 6.07 Å². The fraction of sp³-hybridized carbons (Fsp3) is 0.286. The molecule has 0 atom stereocenters. The van der Waals surface area contributed by atoms with Gasteiger partial charge in [-0.25, -0.2) is 4.79 Å². The van der Waals surface area contributed by atoms with Gasteiger partial charge in [-0.05, 0) is 24.1 Å². The number of amides is 1. The topological polar surface area (TPSA) is 66.8 Å². The molecule has 0 aliphatic heterocycles. The van der Waals surface area contributed by atoms with Crippen LogP contribution in [0.3, 0.4) is 0 Å². The number of hydrogen-bond acceptors (Lipinski definition) is 3. The lowest BCUT2D eigenvalue weighted by atomic mass is 10.1. The Labute approximate surface area is 112 Å². The van der Waals surface area contributed by atoms with Crippen LogP contribution in [0.5, 0.6) is 0 Å². The lowest BCUT2D eigenvalue weighted by molar-refractivity contribution is -0.136. The van der Waals surface area contributed by atoms with Gasteiger partial charge in [0.05, 0.1) is 0 Å². The van der Waals surface area contributed by atoms with E-state index in [0.717, 1.165) is 5.56 Å². The molecule has 0 heterocycles. The van der Waals surface area contributed by atoms with Crippen LogP contribution in [-0.2, 0) is 16.0 Å². The van der Waals surface area contributed by atoms with Crippen molar-refractivity contribution in [1.82, 2.24) is 0 Å². The lowest BCUT2D eigenvalue weighted by Gasteiger charge is -2.17. The van der Waals surface area contributed by atoms with Gasteiger partial charge in [0.2, 0.25) is 0 Å². The molecule has 0 spiro atoms. The Kier molecular flexibility index (Phi) is 5.60. The van der Waals surface area contributed by atoms with E-state index in [2.05, 4.69) is 6.58 Å². The highest BCUT2D eigenvalue weighted by molar-refractivity contribution is 5.87. The summed E-state index contributed by atoms with van der Waals surface area (Å²) < 4.78 is 4.92. The predicted octanol–water partition coefficient (Wildman–Crippen LogP) is 2.46. The summed E-state index contributed by atoms with van der Waals surface area (Å²) in [5.41, 5.74) is 1.53. The molecule has 1 aromatic carbocycles. The highest BCUT2D eigenvalue weighted by atomic mass is 16.6. The Morgan fingerprint density at radius 3 is 2.84 bits per heavy atom. The Morgan fingerprint density at radius 2 is 2.21 bits per heavy atom. The smallest absolute Gasteiger partial charge is 0.414 e. The number of benzene rings is 1. The third-order valence-electron chi connectivity index (χ3n) is 2.52. The van der Waals surface area contributed by atoms with Crippen LogP contribution in [0.4, 0.5) is 10.5 Å². The van der Waals surface area contributed by atoms with Gasteiger partial charge in [-0.3, -0.25) is 9.69 Å². The number of carboxylic acid groups (broad SMARTS) is 1. The van der Waals surface area contributed by atoms with E-state index in [1.165, 1.54) is 11.0 Å². The van der Waals surface area contributed by atoms with Crippen molar-refractivity contribution in [2.45, 2.75) is 12.8 Å². The Balaban J connectivity index is 2.71. The summed E-state index contributed by atoms with van der Waals surface area (Å²) in [7, 11) is 1.60. The van der Waals surface area contributed by atoms with Crippen LogP contribution in [-0.4, -0.2) is 30.8 Å². The van der Waals surface area contributed by atoms with E-state index < -0.39 is 12.1 Å². The molecule has 0 aliphatic rings. The fourth-order valence-electron chi connectivity index (χ4n) is 1.50. The molecule has 0 fully saturated rings. The largest absolute Gasteiger partial charge is 0.481 e. The van der Waals surface area contributed by atoms with E-state index in [0.29, 0.717) is 12.1 Å². The van der Waals surface area contributed by atoms with E-state index in [1.54, 1.807) is 25.2 Å². The number of ether oxygens (including phenoxy) is 1. The van der Waals surface area contributed by atoms with Crippen LogP contribution >= 0.6 is 0 Å². The number of carbonyl (C=O) groups excluding carboxylic acids is 1. The maximum absolute atomic E-state index is 11.6. The van der Waals surface area contributed by atoms with E-state index in [4.69, 9.17) is 9.84 Å². The number of anilines is 1. The standard InChI is InChI=1S/C14H17NO4/c1-3-9-19-14(18)15(2)12-6-4-5-11(10-12)7-8-13(16)17/h3-6,10H,1,7-9H2,2H3,(H,16,17). The van der Waals surface area contributed by atoms with Gasteiger partial charge >= 0.3 is 12.1 Å². The first kappa shape index (κ1) is 14.8. The first-order valence-electron chi connectivity index (χ1n) is 5.86. The number of rotatable bonds is 6. The second-order valence-electron chi connectivity index (χ2n) is 3.99. The van der Waals surface area contributed by atoms with Crippen molar-refractivity contribution >= 4 is 17.7 Å². The van der Waals surface area contributed by atoms with Crippen LogP contribution in [0.25, 0.3) is 0 Å². The van der Waals surface area contributed by atoms with Crippen LogP contribution < -0.4 is 4.90 Å². The average molecular weight is 263 g/mol. The zero-order chi connectivity index (χ0) is 14.3. The minimum atomic E-state index is -0.843. The van der Waals surface area contributed by atoms with Gasteiger partial charge in [0.1, 0.15) is 6.61 Å². The van der Waals surface area contributed by atoms with E-state index in [-0.39, 0.29) is 13.0 Å². The number of carboxylic acids is 1. The molecule has 0 radical (unpaired) electrons. The van der Waals surface area contributed by atoms with E-state index in [9.17, 15) is 9.59 Å². The van der Waals surface area contributed by atoms with Crippen molar-refractivity contribution in [2.24, 2.45) is 0 Å². The normalized spacial score (nSPS) is 9.74. The zero-order valence-corrected chi connectivity index (χ0v) is 10.8. The average Bonchev–Trinajstić information content (AvgIpc) is 2.42.